The monoisotopic (exact) mass is 410 g/mol. The van der Waals surface area contributed by atoms with Crippen molar-refractivity contribution in [2.75, 3.05) is 0 Å². The van der Waals surface area contributed by atoms with Crippen LogP contribution >= 0.6 is 23.2 Å². The van der Waals surface area contributed by atoms with Crippen LogP contribution < -0.4 is 0 Å². The van der Waals surface area contributed by atoms with Crippen molar-refractivity contribution in [3.8, 4) is 0 Å². The predicted molar refractivity (Wildman–Crippen MR) is 109 cm³/mol. The molecule has 8 heteroatoms. The normalized spacial score (nSPS) is 10.9. The van der Waals surface area contributed by atoms with Crippen LogP contribution in [-0.2, 0) is 13.1 Å². The van der Waals surface area contributed by atoms with E-state index < -0.39 is 0 Å². The van der Waals surface area contributed by atoms with Crippen LogP contribution in [0, 0.1) is 0 Å². The summed E-state index contributed by atoms with van der Waals surface area (Å²) in [5.74, 6) is 0. The van der Waals surface area contributed by atoms with Gasteiger partial charge in [-0.1, -0.05) is 64.5 Å². The molecule has 0 atom stereocenters. The van der Waals surface area contributed by atoms with Gasteiger partial charge in [-0.15, -0.1) is 10.2 Å². The van der Waals surface area contributed by atoms with Crippen LogP contribution in [0.15, 0.2) is 67.5 Å². The van der Waals surface area contributed by atoms with Gasteiger partial charge in [0.2, 0.25) is 0 Å². The zero-order chi connectivity index (χ0) is 19.5. The summed E-state index contributed by atoms with van der Waals surface area (Å²) in [4.78, 5) is 0. The highest BCUT2D eigenvalue weighted by Crippen LogP contribution is 2.22. The maximum Gasteiger partial charge on any atom is 0.0905 e. The van der Waals surface area contributed by atoms with Gasteiger partial charge >= 0.3 is 0 Å². The first kappa shape index (κ1) is 18.4. The van der Waals surface area contributed by atoms with Crippen molar-refractivity contribution in [1.29, 1.82) is 0 Å². The summed E-state index contributed by atoms with van der Waals surface area (Å²) in [6.45, 7) is 5.35. The van der Waals surface area contributed by atoms with Gasteiger partial charge in [0.1, 0.15) is 0 Å². The van der Waals surface area contributed by atoms with E-state index in [0.717, 1.165) is 28.1 Å². The highest BCUT2D eigenvalue weighted by molar-refractivity contribution is 6.30. The van der Waals surface area contributed by atoms with Gasteiger partial charge in [-0.05, 0) is 35.4 Å². The Bertz CT molecular complexity index is 1010. The summed E-state index contributed by atoms with van der Waals surface area (Å²) in [6, 6.07) is 15.3. The minimum atomic E-state index is 0.560. The maximum absolute atomic E-state index is 5.96. The molecule has 6 nitrogen and oxygen atoms in total. The fourth-order valence-electron chi connectivity index (χ4n) is 2.87. The molecule has 140 valence electrons. The standard InChI is InChI=1S/C20H16Cl2N6/c1-14(19-10-23-25-27(19)12-15-2-6-17(21)7-3-15)20-11-24-26-28(20)13-16-4-8-18(22)9-5-16/h2-11H,1,12-13H2. The Hall–Kier alpha value is -2.96. The molecule has 2 heterocycles. The third-order valence-electron chi connectivity index (χ3n) is 4.34. The molecule has 28 heavy (non-hydrogen) atoms. The number of aromatic nitrogens is 6. The molecule has 2 aromatic heterocycles. The molecule has 0 saturated carbocycles. The molecule has 0 radical (unpaired) electrons. The van der Waals surface area contributed by atoms with E-state index in [1.54, 1.807) is 21.8 Å². The second kappa shape index (κ2) is 7.96. The van der Waals surface area contributed by atoms with E-state index >= 15 is 0 Å². The lowest BCUT2D eigenvalue weighted by molar-refractivity contribution is 0.632. The van der Waals surface area contributed by atoms with Crippen LogP contribution in [0.2, 0.25) is 10.0 Å². The van der Waals surface area contributed by atoms with Crippen molar-refractivity contribution in [2.24, 2.45) is 0 Å². The number of hydrogen-bond donors (Lipinski definition) is 0. The topological polar surface area (TPSA) is 61.4 Å². The van der Waals surface area contributed by atoms with E-state index in [0.29, 0.717) is 23.1 Å². The van der Waals surface area contributed by atoms with Gasteiger partial charge in [0, 0.05) is 15.6 Å². The van der Waals surface area contributed by atoms with E-state index in [9.17, 15) is 0 Å². The summed E-state index contributed by atoms with van der Waals surface area (Å²) < 4.78 is 3.59. The van der Waals surface area contributed by atoms with Gasteiger partial charge in [-0.2, -0.15) is 0 Å². The average molecular weight is 411 g/mol. The largest absolute Gasteiger partial charge is 0.240 e. The second-order valence-electron chi connectivity index (χ2n) is 6.29. The Labute approximate surface area is 172 Å². The Kier molecular flexibility index (Phi) is 5.23. The average Bonchev–Trinajstić information content (AvgIpc) is 3.34. The van der Waals surface area contributed by atoms with E-state index in [1.165, 1.54) is 0 Å². The van der Waals surface area contributed by atoms with E-state index in [2.05, 4.69) is 27.2 Å². The molecule has 4 aromatic rings. The maximum atomic E-state index is 5.96. The quantitative estimate of drug-likeness (QED) is 0.474. The zero-order valence-electron chi connectivity index (χ0n) is 14.8. The Morgan fingerprint density at radius 1 is 0.714 bits per heavy atom. The minimum Gasteiger partial charge on any atom is -0.240 e. The molecule has 0 aliphatic carbocycles. The van der Waals surface area contributed by atoms with Crippen LogP contribution in [0.3, 0.4) is 0 Å². The molecule has 0 unspecified atom stereocenters. The number of rotatable bonds is 6. The van der Waals surface area contributed by atoms with Gasteiger partial charge in [-0.25, -0.2) is 9.36 Å². The van der Waals surface area contributed by atoms with E-state index in [1.807, 2.05) is 48.5 Å². The van der Waals surface area contributed by atoms with Gasteiger partial charge in [0.15, 0.2) is 0 Å². The molecular formula is C20H16Cl2N6. The highest BCUT2D eigenvalue weighted by Gasteiger charge is 2.15. The van der Waals surface area contributed by atoms with Gasteiger partial charge in [0.05, 0.1) is 36.9 Å². The smallest absolute Gasteiger partial charge is 0.0905 e. The van der Waals surface area contributed by atoms with Gasteiger partial charge < -0.3 is 0 Å². The molecular weight excluding hydrogens is 395 g/mol. The third kappa shape index (κ3) is 3.98. The Morgan fingerprint density at radius 2 is 1.11 bits per heavy atom. The van der Waals surface area contributed by atoms with Crippen LogP contribution in [0.1, 0.15) is 22.5 Å². The van der Waals surface area contributed by atoms with Gasteiger partial charge in [-0.3, -0.25) is 0 Å². The van der Waals surface area contributed by atoms with Crippen molar-refractivity contribution in [3.05, 3.63) is 100 Å². The van der Waals surface area contributed by atoms with Crippen molar-refractivity contribution in [3.63, 3.8) is 0 Å². The van der Waals surface area contributed by atoms with Crippen molar-refractivity contribution >= 4 is 28.8 Å². The Balaban J connectivity index is 1.58. The Morgan fingerprint density at radius 3 is 1.50 bits per heavy atom. The summed E-state index contributed by atoms with van der Waals surface area (Å²) in [5.41, 5.74) is 4.48. The van der Waals surface area contributed by atoms with Crippen molar-refractivity contribution < 1.29 is 0 Å². The number of halogens is 2. The van der Waals surface area contributed by atoms with Crippen LogP contribution in [0.4, 0.5) is 0 Å². The van der Waals surface area contributed by atoms with Crippen LogP contribution in [0.25, 0.3) is 5.57 Å². The van der Waals surface area contributed by atoms with Gasteiger partial charge in [0.25, 0.3) is 0 Å². The van der Waals surface area contributed by atoms with E-state index in [-0.39, 0.29) is 0 Å². The first-order valence-electron chi connectivity index (χ1n) is 8.55. The molecule has 0 amide bonds. The summed E-state index contributed by atoms with van der Waals surface area (Å²) in [7, 11) is 0. The molecule has 0 aliphatic heterocycles. The molecule has 0 saturated heterocycles. The van der Waals surface area contributed by atoms with Crippen LogP contribution in [0.5, 0.6) is 0 Å². The lowest BCUT2D eigenvalue weighted by Gasteiger charge is -2.11. The number of nitrogens with zero attached hydrogens (tertiary/aromatic N) is 6. The number of hydrogen-bond acceptors (Lipinski definition) is 4. The zero-order valence-corrected chi connectivity index (χ0v) is 16.3. The summed E-state index contributed by atoms with van der Waals surface area (Å²) in [6.07, 6.45) is 3.38. The summed E-state index contributed by atoms with van der Waals surface area (Å²) in [5, 5.41) is 17.9. The first-order valence-corrected chi connectivity index (χ1v) is 9.31. The fourth-order valence-corrected chi connectivity index (χ4v) is 3.13. The molecule has 0 N–H and O–H groups in total. The van der Waals surface area contributed by atoms with Crippen molar-refractivity contribution in [2.45, 2.75) is 13.1 Å². The third-order valence-corrected chi connectivity index (χ3v) is 4.85. The lowest BCUT2D eigenvalue weighted by atomic mass is 10.1. The molecule has 0 fully saturated rings. The van der Waals surface area contributed by atoms with E-state index in [4.69, 9.17) is 23.2 Å². The number of benzene rings is 2. The fraction of sp³-hybridized carbons (Fsp3) is 0.100. The van der Waals surface area contributed by atoms with Crippen molar-refractivity contribution in [1.82, 2.24) is 30.0 Å². The molecule has 0 bridgehead atoms. The molecule has 4 rings (SSSR count). The molecule has 2 aromatic carbocycles. The second-order valence-corrected chi connectivity index (χ2v) is 7.16. The summed E-state index contributed by atoms with van der Waals surface area (Å²) >= 11 is 11.9. The highest BCUT2D eigenvalue weighted by atomic mass is 35.5. The molecule has 0 aliphatic rings. The minimum absolute atomic E-state index is 0.560. The SMILES string of the molecule is C=C(c1cnnn1Cc1ccc(Cl)cc1)c1cnnn1Cc1ccc(Cl)cc1. The lowest BCUT2D eigenvalue weighted by Crippen LogP contribution is -2.10. The first-order chi connectivity index (χ1) is 13.6. The van der Waals surface area contributed by atoms with Crippen LogP contribution in [-0.4, -0.2) is 30.0 Å². The molecule has 0 spiro atoms. The predicted octanol–water partition coefficient (Wildman–Crippen LogP) is 4.33.